The topological polar surface area (TPSA) is 56.5 Å². The van der Waals surface area contributed by atoms with Crippen LogP contribution in [0.1, 0.15) is 37.5 Å². The summed E-state index contributed by atoms with van der Waals surface area (Å²) in [5.74, 6) is 1.58. The highest BCUT2D eigenvalue weighted by Gasteiger charge is 2.33. The van der Waals surface area contributed by atoms with Gasteiger partial charge in [0, 0.05) is 12.0 Å². The minimum atomic E-state index is -0.339. The van der Waals surface area contributed by atoms with Crippen LogP contribution in [0.15, 0.2) is 20.9 Å². The molecule has 1 aromatic rings. The van der Waals surface area contributed by atoms with E-state index >= 15 is 0 Å². The number of rotatable bonds is 2. The number of ether oxygens (including phenoxy) is 1. The normalized spacial score (nSPS) is 25.8. The lowest BCUT2D eigenvalue weighted by atomic mass is 9.77. The van der Waals surface area contributed by atoms with E-state index in [-0.39, 0.29) is 17.6 Å². The summed E-state index contributed by atoms with van der Waals surface area (Å²) in [6, 6.07) is 1.76. The number of hydrogen-bond acceptors (Lipinski definition) is 4. The monoisotopic (exact) mass is 274 g/mol. The minimum Gasteiger partial charge on any atom is -0.485 e. The van der Waals surface area contributed by atoms with Gasteiger partial charge in [0.25, 0.3) is 0 Å². The van der Waals surface area contributed by atoms with Crippen LogP contribution in [-0.4, -0.2) is 12.4 Å². The highest BCUT2D eigenvalue weighted by Crippen LogP contribution is 2.39. The third-order valence-electron chi connectivity index (χ3n) is 4.36. The minimum absolute atomic E-state index is 0.00940. The van der Waals surface area contributed by atoms with Crippen LogP contribution in [0.3, 0.4) is 0 Å². The van der Waals surface area contributed by atoms with Crippen molar-refractivity contribution in [1.82, 2.24) is 0 Å². The largest absolute Gasteiger partial charge is 0.485 e. The van der Waals surface area contributed by atoms with Crippen LogP contribution < -0.4 is 10.4 Å². The van der Waals surface area contributed by atoms with Crippen molar-refractivity contribution in [2.75, 3.05) is 0 Å². The van der Waals surface area contributed by atoms with Crippen molar-refractivity contribution < 1.29 is 13.9 Å². The molecule has 1 aliphatic carbocycles. The van der Waals surface area contributed by atoms with Gasteiger partial charge in [-0.25, -0.2) is 4.79 Å². The zero-order valence-corrected chi connectivity index (χ0v) is 11.7. The molecule has 1 fully saturated rings. The van der Waals surface area contributed by atoms with Gasteiger partial charge in [-0.2, -0.15) is 0 Å². The van der Waals surface area contributed by atoms with Crippen LogP contribution in [0.5, 0.6) is 5.75 Å². The van der Waals surface area contributed by atoms with Crippen LogP contribution in [0.25, 0.3) is 6.08 Å². The van der Waals surface area contributed by atoms with Crippen LogP contribution >= 0.6 is 0 Å². The molecule has 1 aromatic heterocycles. The second-order valence-corrected chi connectivity index (χ2v) is 5.78. The Balaban J connectivity index is 1.91. The lowest BCUT2D eigenvalue weighted by Crippen LogP contribution is -2.33. The molecule has 0 saturated heterocycles. The van der Waals surface area contributed by atoms with E-state index in [1.165, 1.54) is 0 Å². The van der Waals surface area contributed by atoms with Crippen molar-refractivity contribution in [2.45, 2.75) is 39.2 Å². The second kappa shape index (κ2) is 4.93. The van der Waals surface area contributed by atoms with Crippen LogP contribution in [0, 0.1) is 18.8 Å². The van der Waals surface area contributed by atoms with Crippen molar-refractivity contribution in [3.8, 4) is 5.75 Å². The molecule has 3 rings (SSSR count). The lowest BCUT2D eigenvalue weighted by Gasteiger charge is -2.35. The van der Waals surface area contributed by atoms with Gasteiger partial charge in [0.2, 0.25) is 0 Å². The molecular formula is C16H18O4. The number of aldehydes is 1. The fourth-order valence-corrected chi connectivity index (χ4v) is 3.09. The summed E-state index contributed by atoms with van der Waals surface area (Å²) < 4.78 is 11.1. The van der Waals surface area contributed by atoms with Gasteiger partial charge >= 0.3 is 5.63 Å². The Morgan fingerprint density at radius 1 is 1.45 bits per heavy atom. The SMILES string of the molecule is Cc1cc2c(c(=O)o1)C=C1CC[C@H](C(C)C=O)C[C@@H]1O2. The van der Waals surface area contributed by atoms with E-state index in [2.05, 4.69) is 0 Å². The van der Waals surface area contributed by atoms with Crippen LogP contribution in [-0.2, 0) is 4.79 Å². The van der Waals surface area contributed by atoms with Gasteiger partial charge < -0.3 is 13.9 Å². The average Bonchev–Trinajstić information content (AvgIpc) is 2.44. The van der Waals surface area contributed by atoms with Crippen molar-refractivity contribution in [1.29, 1.82) is 0 Å². The maximum atomic E-state index is 11.8. The van der Waals surface area contributed by atoms with Gasteiger partial charge in [0.15, 0.2) is 0 Å². The Bertz CT molecular complexity index is 626. The number of hydrogen-bond donors (Lipinski definition) is 0. The molecule has 4 heteroatoms. The molecular weight excluding hydrogens is 256 g/mol. The molecule has 106 valence electrons. The summed E-state index contributed by atoms with van der Waals surface area (Å²) in [5, 5.41) is 0. The number of carbonyl (C=O) groups is 1. The molecule has 0 amide bonds. The molecule has 0 bridgehead atoms. The molecule has 4 nitrogen and oxygen atoms in total. The highest BCUT2D eigenvalue weighted by molar-refractivity contribution is 5.62. The van der Waals surface area contributed by atoms with Gasteiger partial charge in [-0.15, -0.1) is 0 Å². The van der Waals surface area contributed by atoms with E-state index in [9.17, 15) is 9.59 Å². The number of carbonyl (C=O) groups excluding carboxylic acids is 1. The highest BCUT2D eigenvalue weighted by atomic mass is 16.5. The maximum Gasteiger partial charge on any atom is 0.346 e. The molecule has 3 atom stereocenters. The average molecular weight is 274 g/mol. The molecule has 2 heterocycles. The van der Waals surface area contributed by atoms with E-state index in [4.69, 9.17) is 9.15 Å². The summed E-state index contributed by atoms with van der Waals surface area (Å²) in [6.07, 6.45) is 5.61. The van der Waals surface area contributed by atoms with Crippen molar-refractivity contribution in [3.05, 3.63) is 33.4 Å². The smallest absolute Gasteiger partial charge is 0.346 e. The molecule has 0 spiro atoms. The first-order valence-corrected chi connectivity index (χ1v) is 7.05. The Morgan fingerprint density at radius 2 is 2.25 bits per heavy atom. The van der Waals surface area contributed by atoms with Gasteiger partial charge in [-0.1, -0.05) is 6.92 Å². The summed E-state index contributed by atoms with van der Waals surface area (Å²) in [4.78, 5) is 22.8. The van der Waals surface area contributed by atoms with Gasteiger partial charge in [0.05, 0.1) is 0 Å². The Morgan fingerprint density at radius 3 is 3.00 bits per heavy atom. The molecule has 1 saturated carbocycles. The summed E-state index contributed by atoms with van der Waals surface area (Å²) in [6.45, 7) is 3.70. The Kier molecular flexibility index (Phi) is 3.24. The lowest BCUT2D eigenvalue weighted by molar-refractivity contribution is -0.112. The van der Waals surface area contributed by atoms with Crippen LogP contribution in [0.2, 0.25) is 0 Å². The molecule has 2 aliphatic rings. The Labute approximate surface area is 117 Å². The van der Waals surface area contributed by atoms with Crippen molar-refractivity contribution >= 4 is 12.4 Å². The quantitative estimate of drug-likeness (QED) is 0.778. The first-order valence-electron chi connectivity index (χ1n) is 7.05. The second-order valence-electron chi connectivity index (χ2n) is 5.78. The maximum absolute atomic E-state index is 11.8. The molecule has 1 unspecified atom stereocenters. The molecule has 1 aliphatic heterocycles. The van der Waals surface area contributed by atoms with Gasteiger partial charge in [-0.3, -0.25) is 0 Å². The summed E-state index contributed by atoms with van der Waals surface area (Å²) in [5.41, 5.74) is 1.32. The zero-order valence-electron chi connectivity index (χ0n) is 11.7. The zero-order chi connectivity index (χ0) is 14.3. The van der Waals surface area contributed by atoms with Gasteiger partial charge in [-0.05, 0) is 43.8 Å². The fraction of sp³-hybridized carbons (Fsp3) is 0.500. The third kappa shape index (κ3) is 2.19. The van der Waals surface area contributed by atoms with Gasteiger partial charge in [0.1, 0.15) is 29.5 Å². The fourth-order valence-electron chi connectivity index (χ4n) is 3.09. The predicted molar refractivity (Wildman–Crippen MR) is 74.7 cm³/mol. The van der Waals surface area contributed by atoms with E-state index in [0.717, 1.165) is 31.1 Å². The van der Waals surface area contributed by atoms with Crippen molar-refractivity contribution in [3.63, 3.8) is 0 Å². The Hall–Kier alpha value is -1.84. The van der Waals surface area contributed by atoms with E-state index < -0.39 is 0 Å². The first-order chi connectivity index (χ1) is 9.58. The summed E-state index contributed by atoms with van der Waals surface area (Å²) >= 11 is 0. The first kappa shape index (κ1) is 13.2. The van der Waals surface area contributed by atoms with Crippen LogP contribution in [0.4, 0.5) is 0 Å². The third-order valence-corrected chi connectivity index (χ3v) is 4.36. The molecule has 20 heavy (non-hydrogen) atoms. The van der Waals surface area contributed by atoms with E-state index in [0.29, 0.717) is 23.0 Å². The number of fused-ring (bicyclic) bond motifs is 2. The predicted octanol–water partition coefficient (Wildman–Crippen LogP) is 2.73. The van der Waals surface area contributed by atoms with Crippen molar-refractivity contribution in [2.24, 2.45) is 11.8 Å². The number of aryl methyl sites for hydroxylation is 1. The summed E-state index contributed by atoms with van der Waals surface area (Å²) in [7, 11) is 0. The molecule has 0 N–H and O–H groups in total. The van der Waals surface area contributed by atoms with E-state index in [1.54, 1.807) is 13.0 Å². The molecule has 0 aromatic carbocycles. The standard InChI is InChI=1S/C16H18O4/c1-9(8-17)11-3-4-12-6-13-15(20-14(12)7-11)5-10(2)19-16(13)18/h5-6,8-9,11,14H,3-4,7H2,1-2H3/t9?,11-,14-/m0/s1. The van der Waals surface area contributed by atoms with E-state index in [1.807, 2.05) is 13.0 Å². The molecule has 0 radical (unpaired) electrons.